The summed E-state index contributed by atoms with van der Waals surface area (Å²) < 4.78 is 15.8. The van der Waals surface area contributed by atoms with E-state index in [4.69, 9.17) is 14.2 Å². The number of carbonyl (C=O) groups is 1. The Hall–Kier alpha value is -0.730. The van der Waals surface area contributed by atoms with Gasteiger partial charge in [-0.1, -0.05) is 0 Å². The summed E-state index contributed by atoms with van der Waals surface area (Å²) in [6.07, 6.45) is -0.915. The molecule has 0 spiro atoms. The Morgan fingerprint density at radius 2 is 2.10 bits per heavy atom. The lowest BCUT2D eigenvalue weighted by Crippen LogP contribution is -2.50. The fourth-order valence-electron chi connectivity index (χ4n) is 2.49. The van der Waals surface area contributed by atoms with Gasteiger partial charge in [0, 0.05) is 32.7 Å². The fourth-order valence-corrected chi connectivity index (χ4v) is 2.49. The topological polar surface area (TPSA) is 80.3 Å². The number of methoxy groups -OCH3 is 1. The summed E-state index contributed by atoms with van der Waals surface area (Å²) in [5.41, 5.74) is 0. The lowest BCUT2D eigenvalue weighted by atomic mass is 9.96. The van der Waals surface area contributed by atoms with Gasteiger partial charge >= 0.3 is 0 Å². The van der Waals surface area contributed by atoms with Crippen molar-refractivity contribution in [2.24, 2.45) is 5.92 Å². The molecule has 2 N–H and O–H groups in total. The second-order valence-electron chi connectivity index (χ2n) is 5.25. The van der Waals surface area contributed by atoms with Gasteiger partial charge < -0.3 is 24.6 Å². The molecule has 3 atom stereocenters. The van der Waals surface area contributed by atoms with Crippen LogP contribution in [0.5, 0.6) is 0 Å². The number of aliphatic hydroxyl groups is 1. The predicted octanol–water partition coefficient (Wildman–Crippen LogP) is -1.54. The van der Waals surface area contributed by atoms with Gasteiger partial charge in [0.1, 0.15) is 6.10 Å². The van der Waals surface area contributed by atoms with Crippen molar-refractivity contribution in [3.05, 3.63) is 0 Å². The van der Waals surface area contributed by atoms with Gasteiger partial charge in [0.2, 0.25) is 5.91 Å². The third kappa shape index (κ3) is 4.39. The van der Waals surface area contributed by atoms with E-state index in [-0.39, 0.29) is 17.9 Å². The molecule has 0 aromatic carbocycles. The number of nitrogens with zero attached hydrogens (tertiary/aromatic N) is 1. The summed E-state index contributed by atoms with van der Waals surface area (Å²) in [4.78, 5) is 13.9. The number of carbonyl (C=O) groups excluding carboxylic acids is 1. The van der Waals surface area contributed by atoms with Crippen LogP contribution in [-0.4, -0.2) is 87.8 Å². The van der Waals surface area contributed by atoms with Gasteiger partial charge in [0.25, 0.3) is 0 Å². The molecule has 7 heteroatoms. The number of rotatable bonds is 5. The molecule has 0 aliphatic carbocycles. The Morgan fingerprint density at radius 3 is 2.80 bits per heavy atom. The summed E-state index contributed by atoms with van der Waals surface area (Å²) >= 11 is 0. The third-order valence-electron chi connectivity index (χ3n) is 3.81. The van der Waals surface area contributed by atoms with E-state index in [2.05, 4.69) is 10.2 Å². The van der Waals surface area contributed by atoms with Gasteiger partial charge in [-0.3, -0.25) is 9.69 Å². The SMILES string of the molecule is CO[C@@H]1COC[C@@H](CNC(=O)CN2CCOCC2)[C@@H]1O. The highest BCUT2D eigenvalue weighted by atomic mass is 16.5. The van der Waals surface area contributed by atoms with Crippen molar-refractivity contribution in [1.82, 2.24) is 10.2 Å². The highest BCUT2D eigenvalue weighted by Crippen LogP contribution is 2.16. The molecule has 2 rings (SSSR count). The van der Waals surface area contributed by atoms with Gasteiger partial charge in [0.15, 0.2) is 0 Å². The minimum absolute atomic E-state index is 0.0290. The average molecular weight is 288 g/mol. The summed E-state index contributed by atoms with van der Waals surface area (Å²) in [7, 11) is 1.55. The van der Waals surface area contributed by atoms with E-state index in [1.165, 1.54) is 0 Å². The minimum Gasteiger partial charge on any atom is -0.390 e. The molecule has 2 fully saturated rings. The summed E-state index contributed by atoms with van der Waals surface area (Å²) in [6, 6.07) is 0. The van der Waals surface area contributed by atoms with Crippen LogP contribution in [-0.2, 0) is 19.0 Å². The molecule has 2 aliphatic rings. The van der Waals surface area contributed by atoms with Crippen molar-refractivity contribution in [2.75, 3.05) is 59.7 Å². The highest BCUT2D eigenvalue weighted by molar-refractivity contribution is 5.78. The Kier molecular flexibility index (Phi) is 6.18. The van der Waals surface area contributed by atoms with Crippen molar-refractivity contribution >= 4 is 5.91 Å². The number of hydrogen-bond donors (Lipinski definition) is 2. The van der Waals surface area contributed by atoms with Crippen molar-refractivity contribution in [2.45, 2.75) is 12.2 Å². The molecular formula is C13H24N2O5. The number of ether oxygens (including phenoxy) is 3. The quantitative estimate of drug-likeness (QED) is 0.638. The van der Waals surface area contributed by atoms with E-state index in [1.54, 1.807) is 7.11 Å². The molecular weight excluding hydrogens is 264 g/mol. The molecule has 0 saturated carbocycles. The second-order valence-corrected chi connectivity index (χ2v) is 5.25. The van der Waals surface area contributed by atoms with Crippen molar-refractivity contribution < 1.29 is 24.1 Å². The zero-order valence-electron chi connectivity index (χ0n) is 11.9. The van der Waals surface area contributed by atoms with E-state index in [9.17, 15) is 9.90 Å². The van der Waals surface area contributed by atoms with E-state index in [0.717, 1.165) is 13.1 Å². The van der Waals surface area contributed by atoms with E-state index in [0.29, 0.717) is 39.5 Å². The maximum atomic E-state index is 11.9. The molecule has 2 aliphatic heterocycles. The van der Waals surface area contributed by atoms with Crippen molar-refractivity contribution in [1.29, 1.82) is 0 Å². The van der Waals surface area contributed by atoms with Crippen LogP contribution in [0.4, 0.5) is 0 Å². The third-order valence-corrected chi connectivity index (χ3v) is 3.81. The number of aliphatic hydroxyl groups excluding tert-OH is 1. The van der Waals surface area contributed by atoms with Gasteiger partial charge in [-0.05, 0) is 0 Å². The Morgan fingerprint density at radius 1 is 1.35 bits per heavy atom. The molecule has 1 amide bonds. The van der Waals surface area contributed by atoms with E-state index >= 15 is 0 Å². The first-order chi connectivity index (χ1) is 9.70. The maximum Gasteiger partial charge on any atom is 0.234 e. The zero-order valence-corrected chi connectivity index (χ0v) is 11.9. The maximum absolute atomic E-state index is 11.9. The van der Waals surface area contributed by atoms with Crippen LogP contribution in [0.15, 0.2) is 0 Å². The Bertz CT molecular complexity index is 309. The lowest BCUT2D eigenvalue weighted by molar-refractivity contribution is -0.136. The lowest BCUT2D eigenvalue weighted by Gasteiger charge is -2.34. The standard InChI is InChI=1S/C13H24N2O5/c1-18-11-9-20-8-10(13(11)17)6-14-12(16)7-15-2-4-19-5-3-15/h10-11,13,17H,2-9H2,1H3,(H,14,16)/t10-,11-,13+/m1/s1. The van der Waals surface area contributed by atoms with Crippen molar-refractivity contribution in [3.63, 3.8) is 0 Å². The van der Waals surface area contributed by atoms with Crippen LogP contribution in [0, 0.1) is 5.92 Å². The average Bonchev–Trinajstić information content (AvgIpc) is 2.47. The summed E-state index contributed by atoms with van der Waals surface area (Å²) in [5.74, 6) is -0.152. The molecule has 20 heavy (non-hydrogen) atoms. The van der Waals surface area contributed by atoms with Gasteiger partial charge in [-0.15, -0.1) is 0 Å². The molecule has 7 nitrogen and oxygen atoms in total. The van der Waals surface area contributed by atoms with E-state index in [1.807, 2.05) is 0 Å². The molecule has 0 bridgehead atoms. The number of amides is 1. The zero-order chi connectivity index (χ0) is 14.4. The van der Waals surface area contributed by atoms with Crippen LogP contribution >= 0.6 is 0 Å². The predicted molar refractivity (Wildman–Crippen MR) is 71.4 cm³/mol. The van der Waals surface area contributed by atoms with Crippen LogP contribution in [0.1, 0.15) is 0 Å². The largest absolute Gasteiger partial charge is 0.390 e. The number of nitrogens with one attached hydrogen (secondary N) is 1. The van der Waals surface area contributed by atoms with Gasteiger partial charge in [-0.2, -0.15) is 0 Å². The van der Waals surface area contributed by atoms with Crippen LogP contribution in [0.3, 0.4) is 0 Å². The fraction of sp³-hybridized carbons (Fsp3) is 0.923. The summed E-state index contributed by atoms with van der Waals surface area (Å²) in [5, 5.41) is 12.9. The number of morpholine rings is 1. The Labute approximate surface area is 119 Å². The first-order valence-electron chi connectivity index (χ1n) is 7.06. The first kappa shape index (κ1) is 15.7. The molecule has 0 radical (unpaired) electrons. The smallest absolute Gasteiger partial charge is 0.234 e. The molecule has 2 saturated heterocycles. The molecule has 116 valence electrons. The van der Waals surface area contributed by atoms with Gasteiger partial charge in [0.05, 0.1) is 39.1 Å². The Balaban J connectivity index is 1.69. The van der Waals surface area contributed by atoms with E-state index < -0.39 is 6.10 Å². The van der Waals surface area contributed by atoms with Crippen LogP contribution in [0.2, 0.25) is 0 Å². The number of hydrogen-bond acceptors (Lipinski definition) is 6. The second kappa shape index (κ2) is 7.90. The normalized spacial score (nSPS) is 32.0. The first-order valence-corrected chi connectivity index (χ1v) is 7.06. The summed E-state index contributed by atoms with van der Waals surface area (Å²) in [6.45, 7) is 4.55. The molecule has 2 heterocycles. The monoisotopic (exact) mass is 288 g/mol. The van der Waals surface area contributed by atoms with Crippen LogP contribution < -0.4 is 5.32 Å². The highest BCUT2D eigenvalue weighted by Gasteiger charge is 2.32. The van der Waals surface area contributed by atoms with Crippen LogP contribution in [0.25, 0.3) is 0 Å². The van der Waals surface area contributed by atoms with Gasteiger partial charge in [-0.25, -0.2) is 0 Å². The minimum atomic E-state index is -0.600. The molecule has 0 unspecified atom stereocenters. The molecule has 0 aromatic heterocycles. The molecule has 0 aromatic rings. The van der Waals surface area contributed by atoms with Crippen molar-refractivity contribution in [3.8, 4) is 0 Å².